The number of aliphatic hydroxyl groups excluding tert-OH is 2. The minimum Gasteiger partial charge on any atom is -0.394 e. The van der Waals surface area contributed by atoms with Gasteiger partial charge in [-0.2, -0.15) is 0 Å². The van der Waals surface area contributed by atoms with Crippen LogP contribution >= 0.6 is 0 Å². The predicted molar refractivity (Wildman–Crippen MR) is 75.7 cm³/mol. The predicted octanol–water partition coefficient (Wildman–Crippen LogP) is -0.109. The Morgan fingerprint density at radius 2 is 2.00 bits per heavy atom. The van der Waals surface area contributed by atoms with Gasteiger partial charge in [-0.3, -0.25) is 4.79 Å². The van der Waals surface area contributed by atoms with E-state index in [1.54, 1.807) is 13.8 Å². The highest BCUT2D eigenvalue weighted by atomic mass is 16.8. The molecule has 5 atom stereocenters. The average Bonchev–Trinajstić information content (AvgIpc) is 3.14. The third-order valence-electron chi connectivity index (χ3n) is 4.69. The molecule has 3 fully saturated rings. The van der Waals surface area contributed by atoms with Crippen molar-refractivity contribution in [1.82, 2.24) is 5.32 Å². The number of carbonyl (C=O) groups is 1. The Labute approximate surface area is 129 Å². The van der Waals surface area contributed by atoms with E-state index in [0.717, 1.165) is 25.7 Å². The number of amides is 1. The average molecular weight is 315 g/mol. The molecular weight excluding hydrogens is 290 g/mol. The van der Waals surface area contributed by atoms with Crippen LogP contribution < -0.4 is 5.32 Å². The first-order valence-corrected chi connectivity index (χ1v) is 8.02. The SMILES string of the molecule is CC1(C)O[C@H]2O[C@H]([C@H](O)CO)[C@H](NC(=O)C3CCCC3)[C@H]2O1. The summed E-state index contributed by atoms with van der Waals surface area (Å²) >= 11 is 0. The maximum atomic E-state index is 12.4. The zero-order valence-electron chi connectivity index (χ0n) is 13.0. The number of ether oxygens (including phenoxy) is 3. The monoisotopic (exact) mass is 315 g/mol. The van der Waals surface area contributed by atoms with Crippen LogP contribution in [0.15, 0.2) is 0 Å². The second-order valence-corrected chi connectivity index (χ2v) is 6.83. The molecule has 2 aliphatic heterocycles. The summed E-state index contributed by atoms with van der Waals surface area (Å²) in [6.45, 7) is 3.12. The molecule has 2 saturated heterocycles. The molecule has 3 aliphatic rings. The summed E-state index contributed by atoms with van der Waals surface area (Å²) in [5, 5.41) is 22.1. The van der Waals surface area contributed by atoms with Crippen LogP contribution in [0.1, 0.15) is 39.5 Å². The molecule has 126 valence electrons. The van der Waals surface area contributed by atoms with Gasteiger partial charge < -0.3 is 29.7 Å². The van der Waals surface area contributed by atoms with Gasteiger partial charge in [-0.15, -0.1) is 0 Å². The van der Waals surface area contributed by atoms with E-state index in [1.165, 1.54) is 0 Å². The molecule has 3 N–H and O–H groups in total. The summed E-state index contributed by atoms with van der Waals surface area (Å²) in [7, 11) is 0. The van der Waals surface area contributed by atoms with Crippen molar-refractivity contribution in [2.45, 2.75) is 76.0 Å². The molecule has 0 aromatic rings. The largest absolute Gasteiger partial charge is 0.394 e. The van der Waals surface area contributed by atoms with Gasteiger partial charge in [0.05, 0.1) is 12.6 Å². The number of rotatable bonds is 4. The van der Waals surface area contributed by atoms with Crippen LogP contribution in [-0.4, -0.2) is 59.2 Å². The molecule has 0 bridgehead atoms. The molecule has 3 rings (SSSR count). The van der Waals surface area contributed by atoms with Gasteiger partial charge in [-0.1, -0.05) is 12.8 Å². The second kappa shape index (κ2) is 6.05. The summed E-state index contributed by atoms with van der Waals surface area (Å²) in [5.41, 5.74) is 0. The lowest BCUT2D eigenvalue weighted by Gasteiger charge is -2.29. The Balaban J connectivity index is 1.72. The van der Waals surface area contributed by atoms with Crippen LogP contribution in [0.3, 0.4) is 0 Å². The van der Waals surface area contributed by atoms with E-state index in [1.807, 2.05) is 0 Å². The fraction of sp³-hybridized carbons (Fsp3) is 0.933. The zero-order valence-corrected chi connectivity index (χ0v) is 13.0. The van der Waals surface area contributed by atoms with Crippen molar-refractivity contribution in [3.05, 3.63) is 0 Å². The summed E-state index contributed by atoms with van der Waals surface area (Å²) in [5.74, 6) is -0.808. The molecule has 0 aromatic carbocycles. The highest BCUT2D eigenvalue weighted by Gasteiger charge is 2.56. The van der Waals surface area contributed by atoms with Crippen LogP contribution in [0.2, 0.25) is 0 Å². The van der Waals surface area contributed by atoms with Crippen LogP contribution in [0.4, 0.5) is 0 Å². The van der Waals surface area contributed by atoms with Gasteiger partial charge in [0.25, 0.3) is 0 Å². The fourth-order valence-electron chi connectivity index (χ4n) is 3.60. The summed E-state index contributed by atoms with van der Waals surface area (Å²) in [6, 6.07) is -0.526. The van der Waals surface area contributed by atoms with Crippen molar-refractivity contribution in [3.63, 3.8) is 0 Å². The van der Waals surface area contributed by atoms with Crippen molar-refractivity contribution in [2.24, 2.45) is 5.92 Å². The summed E-state index contributed by atoms with van der Waals surface area (Å²) in [4.78, 5) is 12.4. The maximum Gasteiger partial charge on any atom is 0.223 e. The van der Waals surface area contributed by atoms with Gasteiger partial charge in [0.1, 0.15) is 18.3 Å². The normalized spacial score (nSPS) is 38.9. The van der Waals surface area contributed by atoms with Gasteiger partial charge in [0.15, 0.2) is 12.1 Å². The topological polar surface area (TPSA) is 97.3 Å². The Morgan fingerprint density at radius 3 is 2.64 bits per heavy atom. The molecule has 0 radical (unpaired) electrons. The van der Waals surface area contributed by atoms with Crippen molar-refractivity contribution < 1.29 is 29.2 Å². The first kappa shape index (κ1) is 16.1. The van der Waals surface area contributed by atoms with E-state index >= 15 is 0 Å². The molecule has 7 heteroatoms. The summed E-state index contributed by atoms with van der Waals surface area (Å²) < 4.78 is 17.1. The first-order valence-electron chi connectivity index (χ1n) is 8.02. The van der Waals surface area contributed by atoms with Gasteiger partial charge in [0, 0.05) is 5.92 Å². The maximum absolute atomic E-state index is 12.4. The Bertz CT molecular complexity index is 422. The highest BCUT2D eigenvalue weighted by molar-refractivity contribution is 5.79. The molecule has 7 nitrogen and oxygen atoms in total. The molecule has 0 spiro atoms. The highest BCUT2D eigenvalue weighted by Crippen LogP contribution is 2.38. The van der Waals surface area contributed by atoms with Crippen molar-refractivity contribution in [1.29, 1.82) is 0 Å². The third kappa shape index (κ3) is 3.00. The molecule has 0 aromatic heterocycles. The van der Waals surface area contributed by atoms with E-state index < -0.39 is 43.0 Å². The van der Waals surface area contributed by atoms with E-state index in [4.69, 9.17) is 14.2 Å². The Morgan fingerprint density at radius 1 is 1.32 bits per heavy atom. The van der Waals surface area contributed by atoms with Crippen molar-refractivity contribution in [3.8, 4) is 0 Å². The minimum absolute atomic E-state index is 0.0151. The van der Waals surface area contributed by atoms with E-state index in [0.29, 0.717) is 0 Å². The van der Waals surface area contributed by atoms with Crippen molar-refractivity contribution >= 4 is 5.91 Å². The smallest absolute Gasteiger partial charge is 0.223 e. The number of carbonyl (C=O) groups excluding carboxylic acids is 1. The lowest BCUT2D eigenvalue weighted by Crippen LogP contribution is -2.53. The molecule has 2 heterocycles. The van der Waals surface area contributed by atoms with Gasteiger partial charge >= 0.3 is 0 Å². The van der Waals surface area contributed by atoms with Crippen LogP contribution in [-0.2, 0) is 19.0 Å². The number of nitrogens with one attached hydrogen (secondary N) is 1. The quantitative estimate of drug-likeness (QED) is 0.670. The first-order chi connectivity index (χ1) is 10.4. The standard InChI is InChI=1S/C15H25NO6/c1-15(2)21-12-10(16-13(19)8-5-3-4-6-8)11(9(18)7-17)20-14(12)22-15/h8-12,14,17-18H,3-7H2,1-2H3,(H,16,19)/t9-,10+,11-,12-,14-/m1/s1. The lowest BCUT2D eigenvalue weighted by atomic mass is 10.0. The van der Waals surface area contributed by atoms with E-state index in [2.05, 4.69) is 5.32 Å². The summed E-state index contributed by atoms with van der Waals surface area (Å²) in [6.07, 6.45) is 0.979. The van der Waals surface area contributed by atoms with Crippen LogP contribution in [0.25, 0.3) is 0 Å². The molecule has 1 saturated carbocycles. The lowest BCUT2D eigenvalue weighted by molar-refractivity contribution is -0.218. The van der Waals surface area contributed by atoms with E-state index in [-0.39, 0.29) is 11.8 Å². The molecule has 0 unspecified atom stereocenters. The molecule has 1 amide bonds. The van der Waals surface area contributed by atoms with Crippen LogP contribution in [0.5, 0.6) is 0 Å². The van der Waals surface area contributed by atoms with E-state index in [9.17, 15) is 15.0 Å². The van der Waals surface area contributed by atoms with Gasteiger partial charge in [0.2, 0.25) is 5.91 Å². The van der Waals surface area contributed by atoms with Gasteiger partial charge in [-0.25, -0.2) is 0 Å². The second-order valence-electron chi connectivity index (χ2n) is 6.83. The molecule has 1 aliphatic carbocycles. The minimum atomic E-state index is -1.09. The molecular formula is C15H25NO6. The number of aliphatic hydroxyl groups is 2. The Hall–Kier alpha value is -0.730. The number of hydrogen-bond acceptors (Lipinski definition) is 6. The Kier molecular flexibility index (Phi) is 4.44. The fourth-order valence-corrected chi connectivity index (χ4v) is 3.60. The number of hydrogen-bond donors (Lipinski definition) is 3. The molecule has 22 heavy (non-hydrogen) atoms. The zero-order chi connectivity index (χ0) is 15.9. The van der Waals surface area contributed by atoms with Gasteiger partial charge in [-0.05, 0) is 26.7 Å². The third-order valence-corrected chi connectivity index (χ3v) is 4.69. The van der Waals surface area contributed by atoms with Crippen molar-refractivity contribution in [2.75, 3.05) is 6.61 Å². The van der Waals surface area contributed by atoms with Crippen LogP contribution in [0, 0.1) is 5.92 Å². The number of fused-ring (bicyclic) bond motifs is 1.